The molecular weight excluding hydrogens is 220 g/mol. The van der Waals surface area contributed by atoms with Crippen LogP contribution in [0.25, 0.3) is 0 Å². The van der Waals surface area contributed by atoms with Crippen LogP contribution in [0, 0.1) is 11.8 Å². The van der Waals surface area contributed by atoms with Crippen LogP contribution in [0.3, 0.4) is 0 Å². The summed E-state index contributed by atoms with van der Waals surface area (Å²) in [6.45, 7) is 6.38. The summed E-state index contributed by atoms with van der Waals surface area (Å²) in [5, 5.41) is 3.59. The first-order chi connectivity index (χ1) is 8.83. The monoisotopic (exact) mass is 250 g/mol. The van der Waals surface area contributed by atoms with Crippen molar-refractivity contribution in [3.63, 3.8) is 0 Å². The number of nitrogens with one attached hydrogen (secondary N) is 1. The van der Waals surface area contributed by atoms with E-state index in [9.17, 15) is 0 Å². The maximum absolute atomic E-state index is 3.59. The molecule has 1 N–H and O–H groups in total. The molecular formula is C16H30N2. The fourth-order valence-electron chi connectivity index (χ4n) is 4.69. The van der Waals surface area contributed by atoms with Crippen LogP contribution in [-0.4, -0.2) is 36.6 Å². The molecule has 1 aliphatic carbocycles. The lowest BCUT2D eigenvalue weighted by molar-refractivity contribution is 0.0418. The topological polar surface area (TPSA) is 15.3 Å². The van der Waals surface area contributed by atoms with Gasteiger partial charge in [0.15, 0.2) is 0 Å². The third-order valence-electron chi connectivity index (χ3n) is 5.58. The predicted octanol–water partition coefficient (Wildman–Crippen LogP) is 3.03. The summed E-state index contributed by atoms with van der Waals surface area (Å²) in [7, 11) is 0. The molecule has 3 rings (SSSR count). The van der Waals surface area contributed by atoms with Crippen molar-refractivity contribution in [2.75, 3.05) is 19.6 Å². The minimum absolute atomic E-state index is 0.746. The molecule has 2 nitrogen and oxygen atoms in total. The molecule has 1 saturated carbocycles. The van der Waals surface area contributed by atoms with Gasteiger partial charge in [0, 0.05) is 18.6 Å². The van der Waals surface area contributed by atoms with E-state index in [0.29, 0.717) is 0 Å². The molecule has 2 unspecified atom stereocenters. The molecule has 0 bridgehead atoms. The third kappa shape index (κ3) is 2.91. The second-order valence-corrected chi connectivity index (χ2v) is 6.99. The van der Waals surface area contributed by atoms with Crippen molar-refractivity contribution in [1.82, 2.24) is 10.2 Å². The van der Waals surface area contributed by atoms with Crippen LogP contribution >= 0.6 is 0 Å². The summed E-state index contributed by atoms with van der Waals surface area (Å²) in [6, 6.07) is 1.70. The quantitative estimate of drug-likeness (QED) is 0.810. The molecule has 0 amide bonds. The molecule has 3 fully saturated rings. The Kier molecular flexibility index (Phi) is 4.25. The van der Waals surface area contributed by atoms with Crippen LogP contribution in [0.15, 0.2) is 0 Å². The Morgan fingerprint density at radius 1 is 1.06 bits per heavy atom. The highest BCUT2D eigenvalue weighted by Crippen LogP contribution is 2.36. The average Bonchev–Trinajstić information content (AvgIpc) is 2.39. The number of hydrogen-bond donors (Lipinski definition) is 1. The van der Waals surface area contributed by atoms with Gasteiger partial charge in [-0.2, -0.15) is 0 Å². The van der Waals surface area contributed by atoms with Gasteiger partial charge in [-0.1, -0.05) is 12.8 Å². The summed E-state index contributed by atoms with van der Waals surface area (Å²) in [6.07, 6.45) is 11.8. The summed E-state index contributed by atoms with van der Waals surface area (Å²) < 4.78 is 0. The summed E-state index contributed by atoms with van der Waals surface area (Å²) >= 11 is 0. The van der Waals surface area contributed by atoms with E-state index >= 15 is 0 Å². The number of piperidine rings is 2. The van der Waals surface area contributed by atoms with Gasteiger partial charge < -0.3 is 5.32 Å². The van der Waals surface area contributed by atoms with E-state index in [1.165, 1.54) is 71.0 Å². The summed E-state index contributed by atoms with van der Waals surface area (Å²) in [4.78, 5) is 2.88. The Balaban J connectivity index is 1.57. The van der Waals surface area contributed by atoms with E-state index in [2.05, 4.69) is 17.1 Å². The van der Waals surface area contributed by atoms with Gasteiger partial charge in [0.1, 0.15) is 0 Å². The highest BCUT2D eigenvalue weighted by atomic mass is 15.2. The molecule has 2 saturated heterocycles. The largest absolute Gasteiger partial charge is 0.314 e. The first-order valence-corrected chi connectivity index (χ1v) is 8.30. The Bertz CT molecular complexity index is 264. The number of rotatable bonds is 2. The minimum atomic E-state index is 0.746. The van der Waals surface area contributed by atoms with Gasteiger partial charge in [-0.3, -0.25) is 4.90 Å². The zero-order chi connectivity index (χ0) is 12.4. The van der Waals surface area contributed by atoms with Crippen molar-refractivity contribution in [2.45, 2.75) is 70.4 Å². The second-order valence-electron chi connectivity index (χ2n) is 6.99. The first-order valence-electron chi connectivity index (χ1n) is 8.30. The van der Waals surface area contributed by atoms with Crippen LogP contribution < -0.4 is 5.32 Å². The summed E-state index contributed by atoms with van der Waals surface area (Å²) in [5.74, 6) is 2.01. The molecule has 0 aromatic heterocycles. The van der Waals surface area contributed by atoms with Gasteiger partial charge in [0.2, 0.25) is 0 Å². The van der Waals surface area contributed by atoms with E-state index in [4.69, 9.17) is 0 Å². The van der Waals surface area contributed by atoms with Gasteiger partial charge in [0.25, 0.3) is 0 Å². The Morgan fingerprint density at radius 3 is 2.78 bits per heavy atom. The van der Waals surface area contributed by atoms with Crippen molar-refractivity contribution in [2.24, 2.45) is 11.8 Å². The van der Waals surface area contributed by atoms with Gasteiger partial charge in [-0.25, -0.2) is 0 Å². The maximum atomic E-state index is 3.59. The summed E-state index contributed by atoms with van der Waals surface area (Å²) in [5.41, 5.74) is 0. The van der Waals surface area contributed by atoms with E-state index < -0.39 is 0 Å². The van der Waals surface area contributed by atoms with E-state index in [1.54, 1.807) is 0 Å². The highest BCUT2D eigenvalue weighted by molar-refractivity contribution is 4.89. The predicted molar refractivity (Wildman–Crippen MR) is 76.7 cm³/mol. The van der Waals surface area contributed by atoms with Gasteiger partial charge in [-0.05, 0) is 70.4 Å². The molecule has 0 aromatic carbocycles. The smallest absolute Gasteiger partial charge is 0.0124 e. The molecule has 3 aliphatic rings. The molecule has 0 aromatic rings. The third-order valence-corrected chi connectivity index (χ3v) is 5.58. The molecule has 18 heavy (non-hydrogen) atoms. The van der Waals surface area contributed by atoms with Crippen molar-refractivity contribution in [3.05, 3.63) is 0 Å². The molecule has 2 heterocycles. The Hall–Kier alpha value is -0.0800. The van der Waals surface area contributed by atoms with E-state index in [0.717, 1.165) is 23.9 Å². The van der Waals surface area contributed by atoms with Crippen LogP contribution in [0.2, 0.25) is 0 Å². The standard InChI is InChI=1S/C16H30N2/c1-13-11-14(8-9-17-13)12-18-10-4-6-15-5-2-3-7-16(15)18/h13-17H,2-12H2,1H3/t13?,14?,15-,16-/m1/s1. The normalized spacial score (nSPS) is 42.5. The number of likely N-dealkylation sites (tertiary alicyclic amines) is 1. The minimum Gasteiger partial charge on any atom is -0.314 e. The number of hydrogen-bond acceptors (Lipinski definition) is 2. The van der Waals surface area contributed by atoms with Crippen LogP contribution in [-0.2, 0) is 0 Å². The second kappa shape index (κ2) is 5.92. The average molecular weight is 250 g/mol. The Morgan fingerprint density at radius 2 is 1.89 bits per heavy atom. The van der Waals surface area contributed by atoms with Gasteiger partial charge in [0.05, 0.1) is 0 Å². The molecule has 4 atom stereocenters. The number of nitrogens with zero attached hydrogens (tertiary/aromatic N) is 1. The lowest BCUT2D eigenvalue weighted by Gasteiger charge is -2.46. The van der Waals surface area contributed by atoms with Crippen molar-refractivity contribution in [1.29, 1.82) is 0 Å². The lowest BCUT2D eigenvalue weighted by Crippen LogP contribution is -2.50. The van der Waals surface area contributed by atoms with E-state index in [1.807, 2.05) is 0 Å². The zero-order valence-electron chi connectivity index (χ0n) is 12.0. The fraction of sp³-hybridized carbons (Fsp3) is 1.00. The van der Waals surface area contributed by atoms with Gasteiger partial charge >= 0.3 is 0 Å². The number of fused-ring (bicyclic) bond motifs is 1. The highest BCUT2D eigenvalue weighted by Gasteiger charge is 2.34. The first kappa shape index (κ1) is 12.9. The SMILES string of the molecule is CC1CC(CN2CCC[C@H]3CCCC[C@H]32)CCN1. The van der Waals surface area contributed by atoms with Crippen molar-refractivity contribution < 1.29 is 0 Å². The molecule has 2 aliphatic heterocycles. The molecule has 2 heteroatoms. The fourth-order valence-corrected chi connectivity index (χ4v) is 4.69. The molecule has 0 spiro atoms. The molecule has 104 valence electrons. The van der Waals surface area contributed by atoms with E-state index in [-0.39, 0.29) is 0 Å². The Labute approximate surface area is 113 Å². The lowest BCUT2D eigenvalue weighted by atomic mass is 9.77. The van der Waals surface area contributed by atoms with Crippen LogP contribution in [0.4, 0.5) is 0 Å². The van der Waals surface area contributed by atoms with Crippen LogP contribution in [0.1, 0.15) is 58.3 Å². The maximum Gasteiger partial charge on any atom is 0.0124 e. The van der Waals surface area contributed by atoms with Crippen molar-refractivity contribution >= 4 is 0 Å². The van der Waals surface area contributed by atoms with Crippen molar-refractivity contribution in [3.8, 4) is 0 Å². The zero-order valence-corrected chi connectivity index (χ0v) is 12.0. The van der Waals surface area contributed by atoms with Crippen LogP contribution in [0.5, 0.6) is 0 Å². The molecule has 0 radical (unpaired) electrons. The van der Waals surface area contributed by atoms with Gasteiger partial charge in [-0.15, -0.1) is 0 Å².